The van der Waals surface area contributed by atoms with E-state index < -0.39 is 23.6 Å². The molecule has 0 bridgehead atoms. The summed E-state index contributed by atoms with van der Waals surface area (Å²) in [6, 6.07) is 3.64. The van der Waals surface area contributed by atoms with E-state index in [-0.39, 0.29) is 22.1 Å². The lowest BCUT2D eigenvalue weighted by molar-refractivity contribution is -0.385. The number of hydrogen-bond acceptors (Lipinski definition) is 6. The van der Waals surface area contributed by atoms with Crippen molar-refractivity contribution in [3.8, 4) is 5.88 Å². The number of aryl methyl sites for hydroxylation is 1. The first kappa shape index (κ1) is 17.7. The minimum Gasteiger partial charge on any atom is -0.468 e. The van der Waals surface area contributed by atoms with Gasteiger partial charge in [-0.3, -0.25) is 14.9 Å². The Hall–Kier alpha value is -2.69. The second-order valence-electron chi connectivity index (χ2n) is 4.55. The molecule has 2 heterocycles. The van der Waals surface area contributed by atoms with Gasteiger partial charge in [0.1, 0.15) is 0 Å². The van der Waals surface area contributed by atoms with E-state index in [4.69, 9.17) is 0 Å². The van der Waals surface area contributed by atoms with Crippen LogP contribution in [0.2, 0.25) is 0 Å². The normalized spacial score (nSPS) is 11.2. The van der Waals surface area contributed by atoms with E-state index in [1.165, 1.54) is 19.1 Å². The average Bonchev–Trinajstić information content (AvgIpc) is 2.88. The maximum Gasteiger partial charge on any atom is 0.422 e. The van der Waals surface area contributed by atoms with Gasteiger partial charge in [-0.2, -0.15) is 13.2 Å². The third-order valence-corrected chi connectivity index (χ3v) is 3.73. The molecule has 1 amide bonds. The molecule has 0 aliphatic rings. The summed E-state index contributed by atoms with van der Waals surface area (Å²) < 4.78 is 40.5. The fourth-order valence-corrected chi connectivity index (χ4v) is 2.54. The molecule has 0 aliphatic carbocycles. The molecule has 0 aliphatic heterocycles. The van der Waals surface area contributed by atoms with Crippen molar-refractivity contribution >= 4 is 28.6 Å². The Bertz CT molecular complexity index is 759. The van der Waals surface area contributed by atoms with Crippen LogP contribution >= 0.6 is 11.3 Å². The summed E-state index contributed by atoms with van der Waals surface area (Å²) in [5.41, 5.74) is 0.0623. The number of anilines is 1. The number of alkyl halides is 3. The number of thiophene rings is 1. The zero-order valence-electron chi connectivity index (χ0n) is 12.1. The van der Waals surface area contributed by atoms with Crippen molar-refractivity contribution in [2.24, 2.45) is 0 Å². The maximum atomic E-state index is 12.0. The van der Waals surface area contributed by atoms with Crippen molar-refractivity contribution in [1.82, 2.24) is 4.98 Å². The van der Waals surface area contributed by atoms with Gasteiger partial charge in [0.15, 0.2) is 6.61 Å². The number of nitrogens with zero attached hydrogens (tertiary/aromatic N) is 2. The molecule has 11 heteroatoms. The van der Waals surface area contributed by atoms with Crippen LogP contribution in [0.5, 0.6) is 5.88 Å². The van der Waals surface area contributed by atoms with Gasteiger partial charge in [0, 0.05) is 12.1 Å². The molecule has 2 aromatic heterocycles. The molecular weight excluding hydrogens is 351 g/mol. The fraction of sp³-hybridized carbons (Fsp3) is 0.231. The second kappa shape index (κ2) is 6.83. The van der Waals surface area contributed by atoms with E-state index in [0.29, 0.717) is 4.88 Å². The number of carbonyl (C=O) groups is 1. The number of carbonyl (C=O) groups excluding carboxylic acids is 1. The highest BCUT2D eigenvalue weighted by molar-refractivity contribution is 7.14. The van der Waals surface area contributed by atoms with Crippen LogP contribution in [0, 0.1) is 17.0 Å². The van der Waals surface area contributed by atoms with E-state index in [1.807, 2.05) is 0 Å². The molecule has 7 nitrogen and oxygen atoms in total. The molecule has 0 spiro atoms. The summed E-state index contributed by atoms with van der Waals surface area (Å²) in [5.74, 6) is -0.824. The van der Waals surface area contributed by atoms with Crippen molar-refractivity contribution in [3.05, 3.63) is 44.3 Å². The number of aromatic nitrogens is 1. The minimum atomic E-state index is -4.47. The lowest BCUT2D eigenvalue weighted by Crippen LogP contribution is -2.19. The fourth-order valence-electron chi connectivity index (χ4n) is 1.65. The standard InChI is InChI=1S/C13H10F3N3O4S/c1-7-9(19(21)22)4-10(24-7)12(20)18-8-2-3-11(17-5-8)23-6-13(14,15)16/h2-5H,6H2,1H3,(H,18,20). The average molecular weight is 361 g/mol. The van der Waals surface area contributed by atoms with Crippen molar-refractivity contribution in [3.63, 3.8) is 0 Å². The Morgan fingerprint density at radius 1 is 1.46 bits per heavy atom. The van der Waals surface area contributed by atoms with Crippen LogP contribution in [0.15, 0.2) is 24.4 Å². The van der Waals surface area contributed by atoms with Gasteiger partial charge in [-0.1, -0.05) is 0 Å². The molecule has 0 aromatic carbocycles. The number of pyridine rings is 1. The first-order valence-corrected chi connectivity index (χ1v) is 7.19. The number of halogens is 3. The zero-order valence-corrected chi connectivity index (χ0v) is 12.9. The molecular formula is C13H10F3N3O4S. The van der Waals surface area contributed by atoms with Gasteiger partial charge in [-0.15, -0.1) is 11.3 Å². The van der Waals surface area contributed by atoms with Crippen molar-refractivity contribution in [1.29, 1.82) is 0 Å². The molecule has 24 heavy (non-hydrogen) atoms. The molecule has 0 fully saturated rings. The topological polar surface area (TPSA) is 94.4 Å². The highest BCUT2D eigenvalue weighted by Gasteiger charge is 2.28. The van der Waals surface area contributed by atoms with Crippen LogP contribution < -0.4 is 10.1 Å². The van der Waals surface area contributed by atoms with Crippen LogP contribution in [0.3, 0.4) is 0 Å². The van der Waals surface area contributed by atoms with Crippen molar-refractivity contribution < 1.29 is 27.6 Å². The lowest BCUT2D eigenvalue weighted by atomic mass is 10.3. The Balaban J connectivity index is 2.02. The number of nitrogens with one attached hydrogen (secondary N) is 1. The van der Waals surface area contributed by atoms with Gasteiger partial charge in [0.05, 0.1) is 26.6 Å². The molecule has 2 aromatic rings. The van der Waals surface area contributed by atoms with Crippen LogP contribution in [-0.4, -0.2) is 28.6 Å². The van der Waals surface area contributed by atoms with Crippen LogP contribution in [0.25, 0.3) is 0 Å². The Kier molecular flexibility index (Phi) is 5.02. The molecule has 0 unspecified atom stereocenters. The van der Waals surface area contributed by atoms with Crippen LogP contribution in [0.4, 0.5) is 24.5 Å². The first-order valence-electron chi connectivity index (χ1n) is 6.37. The van der Waals surface area contributed by atoms with Crippen LogP contribution in [0.1, 0.15) is 14.5 Å². The summed E-state index contributed by atoms with van der Waals surface area (Å²) in [7, 11) is 0. The summed E-state index contributed by atoms with van der Waals surface area (Å²) in [6.45, 7) is 0.0533. The monoisotopic (exact) mass is 361 g/mol. The molecule has 2 rings (SSSR count). The summed E-state index contributed by atoms with van der Waals surface area (Å²) >= 11 is 0.960. The smallest absolute Gasteiger partial charge is 0.422 e. The van der Waals surface area contributed by atoms with Gasteiger partial charge >= 0.3 is 6.18 Å². The van der Waals surface area contributed by atoms with Crippen molar-refractivity contribution in [2.45, 2.75) is 13.1 Å². The largest absolute Gasteiger partial charge is 0.468 e. The van der Waals surface area contributed by atoms with E-state index in [9.17, 15) is 28.1 Å². The third-order valence-electron chi connectivity index (χ3n) is 2.69. The predicted octanol–water partition coefficient (Wildman–Crippen LogP) is 3.55. The third kappa shape index (κ3) is 4.65. The van der Waals surface area contributed by atoms with Gasteiger partial charge in [-0.25, -0.2) is 4.98 Å². The van der Waals surface area contributed by atoms with E-state index in [2.05, 4.69) is 15.0 Å². The second-order valence-corrected chi connectivity index (χ2v) is 5.81. The van der Waals surface area contributed by atoms with E-state index in [1.54, 1.807) is 0 Å². The summed E-state index contributed by atoms with van der Waals surface area (Å²) in [6.07, 6.45) is -3.35. The molecule has 0 atom stereocenters. The van der Waals surface area contributed by atoms with E-state index in [0.717, 1.165) is 23.6 Å². The van der Waals surface area contributed by atoms with Gasteiger partial charge in [-0.05, 0) is 13.0 Å². The summed E-state index contributed by atoms with van der Waals surface area (Å²) in [4.78, 5) is 26.4. The number of rotatable bonds is 5. The summed E-state index contributed by atoms with van der Waals surface area (Å²) in [5, 5.41) is 13.2. The van der Waals surface area contributed by atoms with Gasteiger partial charge < -0.3 is 10.1 Å². The Morgan fingerprint density at radius 3 is 2.67 bits per heavy atom. The number of amides is 1. The van der Waals surface area contributed by atoms with Crippen molar-refractivity contribution in [2.75, 3.05) is 11.9 Å². The van der Waals surface area contributed by atoms with E-state index >= 15 is 0 Å². The first-order chi connectivity index (χ1) is 11.2. The SMILES string of the molecule is Cc1sc(C(=O)Nc2ccc(OCC(F)(F)F)nc2)cc1[N+](=O)[O-]. The number of ether oxygens (including phenoxy) is 1. The number of hydrogen-bond donors (Lipinski definition) is 1. The lowest BCUT2D eigenvalue weighted by Gasteiger charge is -2.08. The Morgan fingerprint density at radius 2 is 2.17 bits per heavy atom. The molecule has 0 saturated carbocycles. The Labute approximate surface area is 137 Å². The quantitative estimate of drug-likeness (QED) is 0.649. The molecule has 0 radical (unpaired) electrons. The maximum absolute atomic E-state index is 12.0. The predicted molar refractivity (Wildman–Crippen MR) is 79.5 cm³/mol. The molecule has 1 N–H and O–H groups in total. The minimum absolute atomic E-state index is 0.136. The highest BCUT2D eigenvalue weighted by atomic mass is 32.1. The van der Waals surface area contributed by atoms with Gasteiger partial charge in [0.25, 0.3) is 11.6 Å². The number of nitro groups is 1. The molecule has 128 valence electrons. The molecule has 0 saturated heterocycles. The van der Waals surface area contributed by atoms with Crippen LogP contribution in [-0.2, 0) is 0 Å². The zero-order chi connectivity index (χ0) is 17.9. The van der Waals surface area contributed by atoms with Gasteiger partial charge in [0.2, 0.25) is 5.88 Å². The highest BCUT2D eigenvalue weighted by Crippen LogP contribution is 2.28.